The highest BCUT2D eigenvalue weighted by molar-refractivity contribution is 6.36. The molecular weight excluding hydrogens is 403 g/mol. The van der Waals surface area contributed by atoms with Gasteiger partial charge in [0, 0.05) is 16.0 Å². The van der Waals surface area contributed by atoms with Gasteiger partial charge in [-0.3, -0.25) is 4.79 Å². The van der Waals surface area contributed by atoms with Crippen molar-refractivity contribution in [3.05, 3.63) is 94.0 Å². The second kappa shape index (κ2) is 8.24. The van der Waals surface area contributed by atoms with Gasteiger partial charge in [0.25, 0.3) is 5.91 Å². The minimum absolute atomic E-state index is 0.257. The molecular formula is C24H18Cl2N2O. The minimum Gasteiger partial charge on any atom is -0.321 e. The summed E-state index contributed by atoms with van der Waals surface area (Å²) in [5, 5.41) is 4.63. The van der Waals surface area contributed by atoms with Crippen LogP contribution in [0.4, 0.5) is 5.69 Å². The topological polar surface area (TPSA) is 42.0 Å². The summed E-state index contributed by atoms with van der Waals surface area (Å²) in [7, 11) is 0. The highest BCUT2D eigenvalue weighted by Crippen LogP contribution is 2.29. The van der Waals surface area contributed by atoms with E-state index >= 15 is 0 Å². The highest BCUT2D eigenvalue weighted by atomic mass is 35.5. The minimum atomic E-state index is -0.257. The Morgan fingerprint density at radius 2 is 1.76 bits per heavy atom. The number of halogens is 2. The van der Waals surface area contributed by atoms with Crippen molar-refractivity contribution in [3.8, 4) is 11.3 Å². The van der Waals surface area contributed by atoms with Crippen LogP contribution in [0.3, 0.4) is 0 Å². The van der Waals surface area contributed by atoms with Crippen molar-refractivity contribution in [2.24, 2.45) is 0 Å². The van der Waals surface area contributed by atoms with Crippen molar-refractivity contribution in [2.45, 2.75) is 13.3 Å². The molecule has 1 amide bonds. The quantitative estimate of drug-likeness (QED) is 0.385. The zero-order valence-electron chi connectivity index (χ0n) is 15.7. The maximum atomic E-state index is 13.2. The number of carbonyl (C=O) groups is 1. The fourth-order valence-corrected chi connectivity index (χ4v) is 3.56. The van der Waals surface area contributed by atoms with Gasteiger partial charge in [-0.2, -0.15) is 0 Å². The number of nitrogens with zero attached hydrogens (tertiary/aromatic N) is 1. The first-order chi connectivity index (χ1) is 14.0. The summed E-state index contributed by atoms with van der Waals surface area (Å²) < 4.78 is 0. The first kappa shape index (κ1) is 19.4. The number of amides is 1. The van der Waals surface area contributed by atoms with E-state index in [1.54, 1.807) is 18.2 Å². The van der Waals surface area contributed by atoms with E-state index in [0.29, 0.717) is 21.3 Å². The van der Waals surface area contributed by atoms with Crippen molar-refractivity contribution in [3.63, 3.8) is 0 Å². The van der Waals surface area contributed by atoms with Crippen LogP contribution in [0.2, 0.25) is 10.0 Å². The summed E-state index contributed by atoms with van der Waals surface area (Å²) >= 11 is 12.3. The van der Waals surface area contributed by atoms with Crippen LogP contribution in [0.25, 0.3) is 22.2 Å². The van der Waals surface area contributed by atoms with Gasteiger partial charge < -0.3 is 5.32 Å². The van der Waals surface area contributed by atoms with E-state index in [2.05, 4.69) is 12.2 Å². The molecule has 0 saturated carbocycles. The fraction of sp³-hybridized carbons (Fsp3) is 0.0833. The molecule has 4 rings (SSSR count). The lowest BCUT2D eigenvalue weighted by atomic mass is 10.0. The van der Waals surface area contributed by atoms with Crippen LogP contribution in [0, 0.1) is 0 Å². The smallest absolute Gasteiger partial charge is 0.256 e. The zero-order valence-corrected chi connectivity index (χ0v) is 17.3. The fourth-order valence-electron chi connectivity index (χ4n) is 3.22. The normalized spacial score (nSPS) is 10.9. The largest absolute Gasteiger partial charge is 0.321 e. The van der Waals surface area contributed by atoms with E-state index in [9.17, 15) is 4.79 Å². The van der Waals surface area contributed by atoms with Crippen molar-refractivity contribution in [1.29, 1.82) is 0 Å². The number of rotatable bonds is 4. The first-order valence-corrected chi connectivity index (χ1v) is 10.1. The molecule has 0 spiro atoms. The summed E-state index contributed by atoms with van der Waals surface area (Å²) in [5.41, 5.74) is 4.61. The van der Waals surface area contributed by atoms with Gasteiger partial charge in [0.15, 0.2) is 0 Å². The monoisotopic (exact) mass is 420 g/mol. The molecule has 1 heterocycles. The molecule has 144 valence electrons. The number of carbonyl (C=O) groups excluding carboxylic acids is 1. The van der Waals surface area contributed by atoms with E-state index in [1.807, 2.05) is 54.6 Å². The molecule has 0 atom stereocenters. The number of hydrogen-bond acceptors (Lipinski definition) is 2. The van der Waals surface area contributed by atoms with Gasteiger partial charge in [-0.25, -0.2) is 4.98 Å². The zero-order chi connectivity index (χ0) is 20.4. The van der Waals surface area contributed by atoms with E-state index in [0.717, 1.165) is 34.1 Å². The molecule has 0 aliphatic carbocycles. The molecule has 0 radical (unpaired) electrons. The average Bonchev–Trinajstić information content (AvgIpc) is 2.75. The SMILES string of the molecule is CCc1ccc2nc(-c3ccccc3)cc(C(=O)Nc3cc(Cl)ccc3Cl)c2c1. The van der Waals surface area contributed by atoms with Crippen LogP contribution in [0.5, 0.6) is 0 Å². The second-order valence-electron chi connectivity index (χ2n) is 6.70. The van der Waals surface area contributed by atoms with Gasteiger partial charge in [0.05, 0.1) is 27.5 Å². The molecule has 0 aliphatic rings. The van der Waals surface area contributed by atoms with Gasteiger partial charge >= 0.3 is 0 Å². The Labute approximate surface area is 179 Å². The van der Waals surface area contributed by atoms with Gasteiger partial charge in [0.1, 0.15) is 0 Å². The molecule has 0 aliphatic heterocycles. The molecule has 0 unspecified atom stereocenters. The van der Waals surface area contributed by atoms with Gasteiger partial charge in [-0.05, 0) is 48.4 Å². The van der Waals surface area contributed by atoms with Crippen LogP contribution in [-0.4, -0.2) is 10.9 Å². The predicted molar refractivity (Wildman–Crippen MR) is 121 cm³/mol. The van der Waals surface area contributed by atoms with Crippen LogP contribution in [0.15, 0.2) is 72.8 Å². The van der Waals surface area contributed by atoms with Crippen LogP contribution >= 0.6 is 23.2 Å². The standard InChI is InChI=1S/C24H18Cl2N2O/c1-2-15-8-11-21-18(12-15)19(14-22(27-21)16-6-4-3-5-7-16)24(29)28-23-13-17(25)9-10-20(23)26/h3-14H,2H2,1H3,(H,28,29). The number of pyridine rings is 1. The third-order valence-electron chi connectivity index (χ3n) is 4.77. The van der Waals surface area contributed by atoms with Gasteiger partial charge in [0.2, 0.25) is 0 Å². The molecule has 1 N–H and O–H groups in total. The lowest BCUT2D eigenvalue weighted by Gasteiger charge is -2.13. The molecule has 29 heavy (non-hydrogen) atoms. The number of nitrogens with one attached hydrogen (secondary N) is 1. The molecule has 1 aromatic heterocycles. The third-order valence-corrected chi connectivity index (χ3v) is 5.34. The Hall–Kier alpha value is -2.88. The summed E-state index contributed by atoms with van der Waals surface area (Å²) in [6.07, 6.45) is 0.873. The van der Waals surface area contributed by atoms with Crippen molar-refractivity contribution >= 4 is 45.7 Å². The van der Waals surface area contributed by atoms with E-state index in [1.165, 1.54) is 0 Å². The Balaban J connectivity index is 1.86. The third kappa shape index (κ3) is 4.12. The van der Waals surface area contributed by atoms with E-state index in [-0.39, 0.29) is 5.91 Å². The van der Waals surface area contributed by atoms with E-state index in [4.69, 9.17) is 28.2 Å². The Morgan fingerprint density at radius 3 is 2.52 bits per heavy atom. The number of hydrogen-bond donors (Lipinski definition) is 1. The van der Waals surface area contributed by atoms with Crippen LogP contribution < -0.4 is 5.32 Å². The molecule has 3 aromatic carbocycles. The number of fused-ring (bicyclic) bond motifs is 1. The van der Waals surface area contributed by atoms with Gasteiger partial charge in [-0.1, -0.05) is 66.5 Å². The lowest BCUT2D eigenvalue weighted by molar-refractivity contribution is 0.102. The second-order valence-corrected chi connectivity index (χ2v) is 7.55. The van der Waals surface area contributed by atoms with E-state index < -0.39 is 0 Å². The summed E-state index contributed by atoms with van der Waals surface area (Å²) in [5.74, 6) is -0.257. The van der Waals surface area contributed by atoms with Crippen molar-refractivity contribution in [2.75, 3.05) is 5.32 Å². The molecule has 0 bridgehead atoms. The summed E-state index contributed by atoms with van der Waals surface area (Å²) in [4.78, 5) is 18.0. The Bertz CT molecular complexity index is 1210. The molecule has 5 heteroatoms. The van der Waals surface area contributed by atoms with Crippen LogP contribution in [-0.2, 0) is 6.42 Å². The molecule has 3 nitrogen and oxygen atoms in total. The summed E-state index contributed by atoms with van der Waals surface area (Å²) in [6.45, 7) is 2.08. The number of anilines is 1. The number of aryl methyl sites for hydroxylation is 1. The molecule has 4 aromatic rings. The van der Waals surface area contributed by atoms with Crippen molar-refractivity contribution < 1.29 is 4.79 Å². The molecule has 0 fully saturated rings. The van der Waals surface area contributed by atoms with Crippen LogP contribution in [0.1, 0.15) is 22.8 Å². The van der Waals surface area contributed by atoms with Gasteiger partial charge in [-0.15, -0.1) is 0 Å². The predicted octanol–water partition coefficient (Wildman–Crippen LogP) is 7.02. The Morgan fingerprint density at radius 1 is 0.966 bits per heavy atom. The maximum Gasteiger partial charge on any atom is 0.256 e. The number of aromatic nitrogens is 1. The average molecular weight is 421 g/mol. The number of benzene rings is 3. The first-order valence-electron chi connectivity index (χ1n) is 9.30. The van der Waals surface area contributed by atoms with Crippen molar-refractivity contribution in [1.82, 2.24) is 4.98 Å². The lowest BCUT2D eigenvalue weighted by Crippen LogP contribution is -2.13. The Kier molecular flexibility index (Phi) is 5.52. The highest BCUT2D eigenvalue weighted by Gasteiger charge is 2.16. The summed E-state index contributed by atoms with van der Waals surface area (Å²) in [6, 6.07) is 22.6. The maximum absolute atomic E-state index is 13.2. The molecule has 0 saturated heterocycles.